The quantitative estimate of drug-likeness (QED) is 0.335. The molecule has 3 N–H and O–H groups in total. The van der Waals surface area contributed by atoms with Crippen LogP contribution in [-0.4, -0.2) is 59.9 Å². The monoisotopic (exact) mass is 610 g/mol. The van der Waals surface area contributed by atoms with E-state index in [-0.39, 0.29) is 23.8 Å². The van der Waals surface area contributed by atoms with Gasteiger partial charge >= 0.3 is 0 Å². The minimum Gasteiger partial charge on any atom is -0.457 e. The summed E-state index contributed by atoms with van der Waals surface area (Å²) in [6.45, 7) is 5.44. The van der Waals surface area contributed by atoms with Crippen LogP contribution < -0.4 is 20.7 Å². The molecule has 0 unspecified atom stereocenters. The van der Waals surface area contributed by atoms with Crippen molar-refractivity contribution in [2.75, 3.05) is 13.1 Å². The van der Waals surface area contributed by atoms with Crippen molar-refractivity contribution in [3.8, 4) is 11.5 Å². The highest BCUT2D eigenvalue weighted by Gasteiger charge is 2.32. The minimum absolute atomic E-state index is 0.111. The van der Waals surface area contributed by atoms with Gasteiger partial charge < -0.3 is 20.7 Å². The fourth-order valence-corrected chi connectivity index (χ4v) is 6.46. The zero-order valence-corrected chi connectivity index (χ0v) is 26.5. The number of hydrogen-bond donors (Lipinski definition) is 3. The first-order chi connectivity index (χ1) is 21.9. The first-order valence-electron chi connectivity index (χ1n) is 16.5. The Morgan fingerprint density at radius 3 is 2.11 bits per heavy atom. The van der Waals surface area contributed by atoms with E-state index in [0.29, 0.717) is 50.3 Å². The van der Waals surface area contributed by atoms with Crippen molar-refractivity contribution in [3.63, 3.8) is 0 Å². The Labute approximate surface area is 266 Å². The fraction of sp³-hybridized carbons (Fsp3) is 0.432. The predicted octanol–water partition coefficient (Wildman–Crippen LogP) is 4.95. The molecular weight excluding hydrogens is 564 g/mol. The molecule has 1 fully saturated rings. The average molecular weight is 611 g/mol. The van der Waals surface area contributed by atoms with Crippen LogP contribution in [0.1, 0.15) is 62.6 Å². The van der Waals surface area contributed by atoms with Crippen molar-refractivity contribution in [3.05, 3.63) is 95.6 Å². The number of aryl methyl sites for hydroxylation is 1. The lowest BCUT2D eigenvalue weighted by molar-refractivity contribution is -0.134. The second kappa shape index (κ2) is 15.7. The van der Waals surface area contributed by atoms with E-state index in [1.807, 2.05) is 92.7 Å². The van der Waals surface area contributed by atoms with Gasteiger partial charge in [-0.15, -0.1) is 0 Å². The van der Waals surface area contributed by atoms with Gasteiger partial charge in [-0.05, 0) is 86.1 Å². The molecular formula is C37H46N4O4. The summed E-state index contributed by atoms with van der Waals surface area (Å²) in [4.78, 5) is 43.9. The number of ether oxygens (including phenoxy) is 1. The van der Waals surface area contributed by atoms with Crippen molar-refractivity contribution < 1.29 is 19.1 Å². The van der Waals surface area contributed by atoms with Crippen LogP contribution in [0.15, 0.2) is 78.9 Å². The third kappa shape index (κ3) is 8.94. The number of fused-ring (bicyclic) bond motifs is 4. The lowest BCUT2D eigenvalue weighted by Gasteiger charge is -2.31. The van der Waals surface area contributed by atoms with Crippen molar-refractivity contribution in [1.29, 1.82) is 0 Å². The normalized spacial score (nSPS) is 21.1. The third-order valence-corrected chi connectivity index (χ3v) is 8.99. The summed E-state index contributed by atoms with van der Waals surface area (Å²) in [7, 11) is 0. The predicted molar refractivity (Wildman–Crippen MR) is 176 cm³/mol. The molecule has 3 aromatic carbocycles. The number of amides is 3. The number of carbonyl (C=O) groups excluding carboxylic acids is 3. The second-order valence-electron chi connectivity index (χ2n) is 12.2. The Morgan fingerprint density at radius 1 is 0.822 bits per heavy atom. The molecule has 3 amide bonds. The molecule has 8 heteroatoms. The molecule has 1 aliphatic carbocycles. The largest absolute Gasteiger partial charge is 0.457 e. The summed E-state index contributed by atoms with van der Waals surface area (Å²) in [6, 6.07) is 23.4. The van der Waals surface area contributed by atoms with Crippen LogP contribution in [0.3, 0.4) is 0 Å². The van der Waals surface area contributed by atoms with E-state index in [9.17, 15) is 14.4 Å². The van der Waals surface area contributed by atoms with Crippen LogP contribution in [0.25, 0.3) is 0 Å². The second-order valence-corrected chi connectivity index (χ2v) is 12.2. The van der Waals surface area contributed by atoms with Crippen molar-refractivity contribution in [1.82, 2.24) is 20.9 Å². The first kappa shape index (κ1) is 32.2. The number of benzene rings is 3. The molecule has 0 aromatic heterocycles. The number of likely N-dealkylation sites (N-methyl/N-ethyl adjacent to an activating group) is 1. The molecule has 0 spiro atoms. The molecule has 0 saturated heterocycles. The van der Waals surface area contributed by atoms with Crippen molar-refractivity contribution in [2.24, 2.45) is 0 Å². The number of rotatable bonds is 8. The fourth-order valence-electron chi connectivity index (χ4n) is 6.46. The van der Waals surface area contributed by atoms with Crippen LogP contribution in [0.2, 0.25) is 0 Å². The Hall–Kier alpha value is -4.17. The van der Waals surface area contributed by atoms with Crippen molar-refractivity contribution in [2.45, 2.75) is 89.4 Å². The molecule has 0 radical (unpaired) electrons. The summed E-state index contributed by atoms with van der Waals surface area (Å²) in [6.07, 6.45) is 5.83. The van der Waals surface area contributed by atoms with Gasteiger partial charge in [0.25, 0.3) is 0 Å². The molecule has 1 heterocycles. The summed E-state index contributed by atoms with van der Waals surface area (Å²) >= 11 is 0. The van der Waals surface area contributed by atoms with Gasteiger partial charge in [0.15, 0.2) is 0 Å². The van der Waals surface area contributed by atoms with Crippen LogP contribution >= 0.6 is 0 Å². The van der Waals surface area contributed by atoms with Gasteiger partial charge in [-0.25, -0.2) is 0 Å². The molecule has 5 rings (SSSR count). The van der Waals surface area contributed by atoms with E-state index in [4.69, 9.17) is 4.74 Å². The van der Waals surface area contributed by atoms with Crippen LogP contribution in [-0.2, 0) is 33.6 Å². The van der Waals surface area contributed by atoms with Gasteiger partial charge in [-0.2, -0.15) is 0 Å². The average Bonchev–Trinajstić information content (AvgIpc) is 3.56. The number of carbonyl (C=O) groups is 3. The van der Waals surface area contributed by atoms with Gasteiger partial charge in [0.1, 0.15) is 23.6 Å². The van der Waals surface area contributed by atoms with Gasteiger partial charge in [0, 0.05) is 12.5 Å². The maximum absolute atomic E-state index is 14.1. The highest BCUT2D eigenvalue weighted by Crippen LogP contribution is 2.25. The van der Waals surface area contributed by atoms with Gasteiger partial charge in [-0.1, -0.05) is 81.3 Å². The number of nitrogens with zero attached hydrogens (tertiary/aromatic N) is 1. The van der Waals surface area contributed by atoms with Gasteiger partial charge in [0.05, 0.1) is 6.04 Å². The standard InChI is InChI=1S/C37H46N4O4/c1-3-41(4-2)34-25-28-15-11-19-31(23-28)45-30-18-10-14-27(22-30)24-33(36(43)38-29-16-8-9-17-29)40-35(42)32(39-37(34)44)21-20-26-12-6-5-7-13-26/h5-7,10-15,18-19,22-23,29,32-34H,3-4,8-9,16-17,20-21,24-25H2,1-2H3,(H,38,43)(H,39,44)(H,40,42)/t32-,33-,34-/m0/s1. The molecule has 3 atom stereocenters. The minimum atomic E-state index is -0.813. The molecule has 4 bridgehead atoms. The van der Waals surface area contributed by atoms with Gasteiger partial charge in [0.2, 0.25) is 17.7 Å². The maximum atomic E-state index is 14.1. The molecule has 2 aliphatic rings. The number of nitrogens with one attached hydrogen (secondary N) is 3. The molecule has 8 nitrogen and oxygen atoms in total. The third-order valence-electron chi connectivity index (χ3n) is 8.99. The van der Waals surface area contributed by atoms with E-state index in [1.165, 1.54) is 0 Å². The smallest absolute Gasteiger partial charge is 0.243 e. The highest BCUT2D eigenvalue weighted by molar-refractivity contribution is 5.93. The lowest BCUT2D eigenvalue weighted by Crippen LogP contribution is -2.58. The highest BCUT2D eigenvalue weighted by atomic mass is 16.5. The van der Waals surface area contributed by atoms with Crippen molar-refractivity contribution >= 4 is 17.7 Å². The van der Waals surface area contributed by atoms with E-state index >= 15 is 0 Å². The Balaban J connectivity index is 1.50. The Bertz CT molecular complexity index is 1440. The van der Waals surface area contributed by atoms with E-state index in [1.54, 1.807) is 0 Å². The topological polar surface area (TPSA) is 99.8 Å². The molecule has 1 aliphatic heterocycles. The SMILES string of the molecule is CCN(CC)[C@H]1Cc2cccc(c2)Oc2cccc(c2)C[C@@H](C(=O)NC2CCCC2)NC(=O)[C@H](CCc2ccccc2)NC1=O. The van der Waals surface area contributed by atoms with E-state index < -0.39 is 18.1 Å². The zero-order valence-electron chi connectivity index (χ0n) is 26.5. The Kier molecular flexibility index (Phi) is 11.3. The number of hydrogen-bond acceptors (Lipinski definition) is 5. The zero-order chi connectivity index (χ0) is 31.6. The summed E-state index contributed by atoms with van der Waals surface area (Å²) in [5, 5.41) is 9.33. The van der Waals surface area contributed by atoms with Gasteiger partial charge in [-0.3, -0.25) is 19.3 Å². The molecule has 238 valence electrons. The van der Waals surface area contributed by atoms with E-state index in [2.05, 4.69) is 20.9 Å². The summed E-state index contributed by atoms with van der Waals surface area (Å²) in [5.74, 6) is 0.564. The lowest BCUT2D eigenvalue weighted by atomic mass is 10.00. The molecule has 1 saturated carbocycles. The Morgan fingerprint density at radius 2 is 1.47 bits per heavy atom. The summed E-state index contributed by atoms with van der Waals surface area (Å²) in [5.41, 5.74) is 2.92. The van der Waals surface area contributed by atoms with E-state index in [0.717, 1.165) is 42.4 Å². The summed E-state index contributed by atoms with van der Waals surface area (Å²) < 4.78 is 6.25. The molecule has 3 aromatic rings. The first-order valence-corrected chi connectivity index (χ1v) is 16.5. The van der Waals surface area contributed by atoms with Crippen LogP contribution in [0, 0.1) is 0 Å². The van der Waals surface area contributed by atoms with Crippen LogP contribution in [0.5, 0.6) is 11.5 Å². The maximum Gasteiger partial charge on any atom is 0.243 e. The van der Waals surface area contributed by atoms with Crippen LogP contribution in [0.4, 0.5) is 0 Å². The molecule has 45 heavy (non-hydrogen) atoms.